The average molecular weight is 567 g/mol. The van der Waals surface area contributed by atoms with E-state index in [0.717, 1.165) is 0 Å². The van der Waals surface area contributed by atoms with E-state index < -0.39 is 29.9 Å². The highest BCUT2D eigenvalue weighted by Gasteiger charge is 2.35. The maximum atomic E-state index is 13.7. The van der Waals surface area contributed by atoms with Crippen LogP contribution in [0.3, 0.4) is 0 Å². The standard InChI is InChI=1S/C29H35FN6O5/c1-17-14-36(19(3)16-37)28(39)22-7-6-8-23(32-27(38)24-13-18(2)33-35(24)5)26(22)41-25(17)15-34(4)29(40)31-21-11-9-20(30)10-12-21/h6-13,17,19,25,37H,14-16H2,1-5H3,(H,31,40)(H,32,38)/t17-,19-,25+/m1/s1. The third-order valence-electron chi connectivity index (χ3n) is 7.07. The molecule has 0 bridgehead atoms. The minimum absolute atomic E-state index is 0.131. The fourth-order valence-corrected chi connectivity index (χ4v) is 4.67. The number of aryl methyl sites for hydroxylation is 2. The topological polar surface area (TPSA) is 129 Å². The number of ether oxygens (including phenoxy) is 1. The number of urea groups is 1. The molecule has 2 aromatic carbocycles. The second kappa shape index (κ2) is 12.4. The number of aliphatic hydroxyl groups is 1. The maximum Gasteiger partial charge on any atom is 0.321 e. The van der Waals surface area contributed by atoms with E-state index in [9.17, 15) is 23.9 Å². The lowest BCUT2D eigenvalue weighted by molar-refractivity contribution is 0.0372. The van der Waals surface area contributed by atoms with Gasteiger partial charge in [-0.3, -0.25) is 14.3 Å². The van der Waals surface area contributed by atoms with Gasteiger partial charge in [-0.05, 0) is 56.3 Å². The number of anilines is 2. The molecular formula is C29H35FN6O5. The van der Waals surface area contributed by atoms with Gasteiger partial charge < -0.3 is 30.3 Å². The van der Waals surface area contributed by atoms with Crippen molar-refractivity contribution < 1.29 is 28.6 Å². The molecule has 0 radical (unpaired) electrons. The molecule has 3 aromatic rings. The Hall–Kier alpha value is -4.45. The minimum atomic E-state index is -0.601. The number of carbonyl (C=O) groups is 3. The van der Waals surface area contributed by atoms with Crippen LogP contribution in [-0.2, 0) is 7.05 Å². The first-order chi connectivity index (χ1) is 19.5. The van der Waals surface area contributed by atoms with E-state index in [1.54, 1.807) is 57.1 Å². The smallest absolute Gasteiger partial charge is 0.321 e. The van der Waals surface area contributed by atoms with Crippen LogP contribution >= 0.6 is 0 Å². The molecule has 1 aromatic heterocycles. The summed E-state index contributed by atoms with van der Waals surface area (Å²) in [5.41, 5.74) is 1.95. The molecule has 1 aliphatic heterocycles. The highest BCUT2D eigenvalue weighted by atomic mass is 19.1. The summed E-state index contributed by atoms with van der Waals surface area (Å²) in [7, 11) is 3.27. The maximum absolute atomic E-state index is 13.7. The predicted octanol–water partition coefficient (Wildman–Crippen LogP) is 3.50. The first kappa shape index (κ1) is 29.5. The summed E-state index contributed by atoms with van der Waals surface area (Å²) in [6.45, 7) is 5.58. The number of hydrogen-bond donors (Lipinski definition) is 3. The molecule has 2 heterocycles. The molecule has 4 rings (SSSR count). The summed E-state index contributed by atoms with van der Waals surface area (Å²) in [6.07, 6.45) is -0.601. The van der Waals surface area contributed by atoms with Gasteiger partial charge in [-0.1, -0.05) is 13.0 Å². The Labute approximate surface area is 237 Å². The largest absolute Gasteiger partial charge is 0.485 e. The molecule has 0 unspecified atom stereocenters. The number of aromatic nitrogens is 2. The normalized spacial score (nSPS) is 17.5. The Morgan fingerprint density at radius 3 is 2.56 bits per heavy atom. The van der Waals surface area contributed by atoms with E-state index in [0.29, 0.717) is 17.1 Å². The van der Waals surface area contributed by atoms with Crippen LogP contribution in [0.15, 0.2) is 48.5 Å². The first-order valence-corrected chi connectivity index (χ1v) is 13.3. The summed E-state index contributed by atoms with van der Waals surface area (Å²) in [5.74, 6) is -1.29. The fourth-order valence-electron chi connectivity index (χ4n) is 4.67. The van der Waals surface area contributed by atoms with Gasteiger partial charge >= 0.3 is 6.03 Å². The van der Waals surface area contributed by atoms with Crippen molar-refractivity contribution in [3.05, 3.63) is 71.3 Å². The zero-order valence-electron chi connectivity index (χ0n) is 23.7. The number of benzene rings is 2. The molecule has 11 nitrogen and oxygen atoms in total. The van der Waals surface area contributed by atoms with Crippen LogP contribution in [0.1, 0.15) is 40.4 Å². The molecule has 1 aliphatic rings. The van der Waals surface area contributed by atoms with Crippen molar-refractivity contribution in [1.29, 1.82) is 0 Å². The Balaban J connectivity index is 1.65. The highest BCUT2D eigenvalue weighted by Crippen LogP contribution is 2.35. The van der Waals surface area contributed by atoms with Crippen LogP contribution in [0.2, 0.25) is 0 Å². The van der Waals surface area contributed by atoms with Crippen LogP contribution in [0.4, 0.5) is 20.6 Å². The third kappa shape index (κ3) is 6.65. The molecule has 3 N–H and O–H groups in total. The van der Waals surface area contributed by atoms with Crippen LogP contribution in [0.25, 0.3) is 0 Å². The Morgan fingerprint density at radius 1 is 1.22 bits per heavy atom. The Bertz CT molecular complexity index is 1430. The van der Waals surface area contributed by atoms with Crippen LogP contribution in [0, 0.1) is 18.7 Å². The molecule has 0 fully saturated rings. The molecule has 218 valence electrons. The molecule has 12 heteroatoms. The lowest BCUT2D eigenvalue weighted by Crippen LogP contribution is -2.50. The van der Waals surface area contributed by atoms with Crippen LogP contribution < -0.4 is 15.4 Å². The van der Waals surface area contributed by atoms with Gasteiger partial charge in [-0.25, -0.2) is 9.18 Å². The fraction of sp³-hybridized carbons (Fsp3) is 0.379. The summed E-state index contributed by atoms with van der Waals surface area (Å²) >= 11 is 0. The first-order valence-electron chi connectivity index (χ1n) is 13.3. The second-order valence-corrected chi connectivity index (χ2v) is 10.4. The van der Waals surface area contributed by atoms with Gasteiger partial charge in [0.1, 0.15) is 17.6 Å². The lowest BCUT2D eigenvalue weighted by Gasteiger charge is -2.38. The van der Waals surface area contributed by atoms with Crippen molar-refractivity contribution in [2.24, 2.45) is 13.0 Å². The van der Waals surface area contributed by atoms with Gasteiger partial charge in [0.05, 0.1) is 36.1 Å². The average Bonchev–Trinajstić information content (AvgIpc) is 3.29. The molecule has 0 saturated carbocycles. The number of amides is 4. The van der Waals surface area contributed by atoms with E-state index >= 15 is 0 Å². The quantitative estimate of drug-likeness (QED) is 0.402. The Morgan fingerprint density at radius 2 is 1.93 bits per heavy atom. The van der Waals surface area contributed by atoms with Crippen LogP contribution in [-0.4, -0.2) is 81.4 Å². The number of nitrogens with one attached hydrogen (secondary N) is 2. The molecule has 0 aliphatic carbocycles. The number of fused-ring (bicyclic) bond motifs is 1. The number of carbonyl (C=O) groups excluding carboxylic acids is 3. The molecule has 0 saturated heterocycles. The minimum Gasteiger partial charge on any atom is -0.485 e. The van der Waals surface area contributed by atoms with Gasteiger partial charge in [0.2, 0.25) is 0 Å². The molecule has 41 heavy (non-hydrogen) atoms. The van der Waals surface area contributed by atoms with Crippen molar-refractivity contribution in [3.8, 4) is 5.75 Å². The summed E-state index contributed by atoms with van der Waals surface area (Å²) in [4.78, 5) is 42.8. The molecule has 4 amide bonds. The van der Waals surface area contributed by atoms with Crippen molar-refractivity contribution in [3.63, 3.8) is 0 Å². The van der Waals surface area contributed by atoms with Crippen molar-refractivity contribution in [2.75, 3.05) is 37.4 Å². The second-order valence-electron chi connectivity index (χ2n) is 10.4. The third-order valence-corrected chi connectivity index (χ3v) is 7.07. The van der Waals surface area contributed by atoms with E-state index in [-0.39, 0.29) is 48.5 Å². The zero-order chi connectivity index (χ0) is 29.8. The van der Waals surface area contributed by atoms with Gasteiger partial charge in [0, 0.05) is 32.2 Å². The van der Waals surface area contributed by atoms with Crippen LogP contribution in [0.5, 0.6) is 5.75 Å². The molecule has 0 spiro atoms. The molecular weight excluding hydrogens is 531 g/mol. The number of likely N-dealkylation sites (N-methyl/N-ethyl adjacent to an activating group) is 1. The van der Waals surface area contributed by atoms with Gasteiger partial charge in [0.15, 0.2) is 5.75 Å². The number of nitrogens with zero attached hydrogens (tertiary/aromatic N) is 4. The number of rotatable bonds is 7. The summed E-state index contributed by atoms with van der Waals surface area (Å²) < 4.78 is 21.2. The van der Waals surface area contributed by atoms with Gasteiger partial charge in [-0.2, -0.15) is 5.10 Å². The van der Waals surface area contributed by atoms with E-state index in [4.69, 9.17) is 4.74 Å². The lowest BCUT2D eigenvalue weighted by atomic mass is 9.99. The number of para-hydroxylation sites is 1. The monoisotopic (exact) mass is 566 g/mol. The number of hydrogen-bond acceptors (Lipinski definition) is 6. The van der Waals surface area contributed by atoms with Crippen molar-refractivity contribution in [2.45, 2.75) is 32.9 Å². The van der Waals surface area contributed by atoms with E-state index in [1.807, 2.05) is 6.92 Å². The summed E-state index contributed by atoms with van der Waals surface area (Å²) in [6, 6.07) is 11.1. The SMILES string of the molecule is Cc1cc(C(=O)Nc2cccc3c2O[C@@H](CN(C)C(=O)Nc2ccc(F)cc2)[C@H](C)CN([C@H](C)CO)C3=O)n(C)n1. The van der Waals surface area contributed by atoms with E-state index in [2.05, 4.69) is 15.7 Å². The number of aliphatic hydroxyl groups excluding tert-OH is 1. The van der Waals surface area contributed by atoms with Gasteiger partial charge in [0.25, 0.3) is 11.8 Å². The van der Waals surface area contributed by atoms with Crippen molar-refractivity contribution in [1.82, 2.24) is 19.6 Å². The van der Waals surface area contributed by atoms with E-state index in [1.165, 1.54) is 33.8 Å². The van der Waals surface area contributed by atoms with Gasteiger partial charge in [-0.15, -0.1) is 0 Å². The van der Waals surface area contributed by atoms with Crippen molar-refractivity contribution >= 4 is 29.2 Å². The summed E-state index contributed by atoms with van der Waals surface area (Å²) in [5, 5.41) is 19.7. The molecule has 3 atom stereocenters. The predicted molar refractivity (Wildman–Crippen MR) is 152 cm³/mol. The number of halogens is 1. The Kier molecular flexibility index (Phi) is 8.92. The highest BCUT2D eigenvalue weighted by molar-refractivity contribution is 6.06. The zero-order valence-corrected chi connectivity index (χ0v) is 23.7.